The first-order chi connectivity index (χ1) is 16.2. The van der Waals surface area contributed by atoms with Crippen molar-refractivity contribution in [1.29, 1.82) is 0 Å². The lowest BCUT2D eigenvalue weighted by molar-refractivity contribution is -0.131. The van der Waals surface area contributed by atoms with Gasteiger partial charge in [-0.25, -0.2) is 15.0 Å². The van der Waals surface area contributed by atoms with Crippen LogP contribution in [0.5, 0.6) is 0 Å². The topological polar surface area (TPSA) is 104 Å². The highest BCUT2D eigenvalue weighted by Gasteiger charge is 2.25. The second kappa shape index (κ2) is 9.68. The summed E-state index contributed by atoms with van der Waals surface area (Å²) in [5.41, 5.74) is 1.43. The van der Waals surface area contributed by atoms with Crippen LogP contribution < -0.4 is 9.80 Å². The van der Waals surface area contributed by atoms with Crippen molar-refractivity contribution in [2.75, 3.05) is 49.1 Å². The summed E-state index contributed by atoms with van der Waals surface area (Å²) in [5, 5.41) is 5.14. The van der Waals surface area contributed by atoms with Crippen molar-refractivity contribution in [3.8, 4) is 0 Å². The highest BCUT2D eigenvalue weighted by atomic mass is 16.5. The molecule has 0 saturated carbocycles. The molecule has 3 aromatic heterocycles. The summed E-state index contributed by atoms with van der Waals surface area (Å²) in [4.78, 5) is 37.3. The van der Waals surface area contributed by atoms with Crippen LogP contribution >= 0.6 is 0 Å². The van der Waals surface area contributed by atoms with Crippen molar-refractivity contribution >= 4 is 28.8 Å². The van der Waals surface area contributed by atoms with E-state index in [0.717, 1.165) is 68.3 Å². The monoisotopic (exact) mass is 450 g/mol. The summed E-state index contributed by atoms with van der Waals surface area (Å²) in [5.74, 6) is 2.40. The number of aryl methyl sites for hydroxylation is 2. The van der Waals surface area contributed by atoms with Crippen molar-refractivity contribution in [2.45, 2.75) is 45.4 Å². The summed E-state index contributed by atoms with van der Waals surface area (Å²) in [7, 11) is 0. The lowest BCUT2D eigenvalue weighted by Crippen LogP contribution is -2.49. The molecule has 2 aliphatic heterocycles. The van der Waals surface area contributed by atoms with Crippen LogP contribution in [-0.2, 0) is 17.6 Å². The van der Waals surface area contributed by atoms with Gasteiger partial charge in [0, 0.05) is 64.5 Å². The molecule has 0 N–H and O–H groups in total. The number of piperazine rings is 1. The highest BCUT2D eigenvalue weighted by Crippen LogP contribution is 2.30. The molecule has 2 fully saturated rings. The molecule has 5 heterocycles. The van der Waals surface area contributed by atoms with Gasteiger partial charge in [-0.1, -0.05) is 12.1 Å². The van der Waals surface area contributed by atoms with Crippen LogP contribution in [0, 0.1) is 0 Å². The van der Waals surface area contributed by atoms with Gasteiger partial charge in [0.25, 0.3) is 5.71 Å². The van der Waals surface area contributed by atoms with E-state index in [1.165, 1.54) is 6.42 Å². The molecule has 2 saturated heterocycles. The zero-order valence-electron chi connectivity index (χ0n) is 19.1. The number of hydrogen-bond acceptors (Lipinski definition) is 9. The molecular weight excluding hydrogens is 420 g/mol. The Kier molecular flexibility index (Phi) is 6.32. The first kappa shape index (κ1) is 21.5. The third-order valence-electron chi connectivity index (χ3n) is 6.45. The molecule has 0 aliphatic carbocycles. The predicted octanol–water partition coefficient (Wildman–Crippen LogP) is 2.24. The van der Waals surface area contributed by atoms with E-state index in [-0.39, 0.29) is 5.91 Å². The largest absolute Gasteiger partial charge is 0.356 e. The summed E-state index contributed by atoms with van der Waals surface area (Å²) in [6.45, 7) is 6.82. The van der Waals surface area contributed by atoms with E-state index in [1.807, 2.05) is 4.90 Å². The molecular formula is C23H30N8O2. The van der Waals surface area contributed by atoms with Gasteiger partial charge in [-0.3, -0.25) is 4.79 Å². The number of nitrogens with zero attached hydrogens (tertiary/aromatic N) is 8. The summed E-state index contributed by atoms with van der Waals surface area (Å²) in [6, 6.07) is 1.81. The second-order valence-corrected chi connectivity index (χ2v) is 8.59. The minimum atomic E-state index is 0.124. The number of piperidine rings is 1. The van der Waals surface area contributed by atoms with Crippen molar-refractivity contribution < 1.29 is 9.32 Å². The molecule has 0 bridgehead atoms. The Labute approximate surface area is 193 Å². The molecule has 10 nitrogen and oxygen atoms in total. The van der Waals surface area contributed by atoms with E-state index < -0.39 is 0 Å². The van der Waals surface area contributed by atoms with Gasteiger partial charge in [-0.2, -0.15) is 4.98 Å². The molecule has 0 atom stereocenters. The van der Waals surface area contributed by atoms with Gasteiger partial charge in [-0.15, -0.1) is 0 Å². The molecule has 3 aromatic rings. The number of anilines is 2. The Balaban J connectivity index is 1.25. The van der Waals surface area contributed by atoms with Crippen LogP contribution in [0.15, 0.2) is 23.0 Å². The maximum atomic E-state index is 12.9. The van der Waals surface area contributed by atoms with E-state index in [0.29, 0.717) is 37.5 Å². The average Bonchev–Trinajstić information content (AvgIpc) is 3.31. The smallest absolute Gasteiger partial charge is 0.263 e. The Morgan fingerprint density at radius 1 is 0.970 bits per heavy atom. The standard InChI is InChI=1S/C23H30N8O2/c1-2-17-20-21(30-11-4-3-5-12-30)26-18(27-22(20)33-28-17)7-8-19(32)29-13-15-31(16-14-29)23-24-9-6-10-25-23/h6,9-10H,2-5,7-8,11-16H2,1H3. The molecule has 0 aromatic carbocycles. The first-order valence-electron chi connectivity index (χ1n) is 11.9. The minimum Gasteiger partial charge on any atom is -0.356 e. The zero-order chi connectivity index (χ0) is 22.6. The molecule has 33 heavy (non-hydrogen) atoms. The van der Waals surface area contributed by atoms with Crippen molar-refractivity contribution in [1.82, 2.24) is 30.0 Å². The van der Waals surface area contributed by atoms with Crippen molar-refractivity contribution in [3.63, 3.8) is 0 Å². The highest BCUT2D eigenvalue weighted by molar-refractivity contribution is 5.88. The average molecular weight is 451 g/mol. The van der Waals surface area contributed by atoms with Gasteiger partial charge in [0.05, 0.1) is 5.69 Å². The molecule has 1 amide bonds. The number of fused-ring (bicyclic) bond motifs is 1. The SMILES string of the molecule is CCc1noc2nc(CCC(=O)N3CCN(c4ncccn4)CC3)nc(N3CCCCC3)c12. The first-order valence-corrected chi connectivity index (χ1v) is 11.9. The number of carbonyl (C=O) groups is 1. The third-order valence-corrected chi connectivity index (χ3v) is 6.45. The Bertz CT molecular complexity index is 1090. The molecule has 2 aliphatic rings. The summed E-state index contributed by atoms with van der Waals surface area (Å²) < 4.78 is 5.55. The molecule has 174 valence electrons. The number of amides is 1. The van der Waals surface area contributed by atoms with Crippen LogP contribution in [0.3, 0.4) is 0 Å². The van der Waals surface area contributed by atoms with E-state index in [2.05, 4.69) is 36.8 Å². The molecule has 0 spiro atoms. The number of carbonyl (C=O) groups excluding carboxylic acids is 1. The van der Waals surface area contributed by atoms with E-state index in [1.54, 1.807) is 18.5 Å². The summed E-state index contributed by atoms with van der Waals surface area (Å²) >= 11 is 0. The fraction of sp³-hybridized carbons (Fsp3) is 0.565. The third kappa shape index (κ3) is 4.60. The van der Waals surface area contributed by atoms with E-state index >= 15 is 0 Å². The van der Waals surface area contributed by atoms with Gasteiger partial charge in [0.2, 0.25) is 11.9 Å². The fourth-order valence-electron chi connectivity index (χ4n) is 4.61. The van der Waals surface area contributed by atoms with E-state index in [9.17, 15) is 4.79 Å². The minimum absolute atomic E-state index is 0.124. The molecule has 0 radical (unpaired) electrons. The molecule has 10 heteroatoms. The number of hydrogen-bond donors (Lipinski definition) is 0. The lowest BCUT2D eigenvalue weighted by Gasteiger charge is -2.34. The van der Waals surface area contributed by atoms with Crippen molar-refractivity contribution in [3.05, 3.63) is 30.0 Å². The Morgan fingerprint density at radius 3 is 2.45 bits per heavy atom. The molecule has 5 rings (SSSR count). The Hall–Kier alpha value is -3.30. The van der Waals surface area contributed by atoms with Gasteiger partial charge in [0.1, 0.15) is 17.0 Å². The quantitative estimate of drug-likeness (QED) is 0.559. The van der Waals surface area contributed by atoms with Gasteiger partial charge < -0.3 is 19.2 Å². The van der Waals surface area contributed by atoms with Crippen LogP contribution in [0.2, 0.25) is 0 Å². The maximum Gasteiger partial charge on any atom is 0.263 e. The van der Waals surface area contributed by atoms with E-state index in [4.69, 9.17) is 9.51 Å². The fourth-order valence-corrected chi connectivity index (χ4v) is 4.61. The van der Waals surface area contributed by atoms with Crippen LogP contribution in [0.4, 0.5) is 11.8 Å². The summed E-state index contributed by atoms with van der Waals surface area (Å²) in [6.07, 6.45) is 8.69. The maximum absolute atomic E-state index is 12.9. The Morgan fingerprint density at radius 2 is 1.73 bits per heavy atom. The van der Waals surface area contributed by atoms with Gasteiger partial charge >= 0.3 is 0 Å². The van der Waals surface area contributed by atoms with Crippen LogP contribution in [0.25, 0.3) is 11.1 Å². The molecule has 0 unspecified atom stereocenters. The normalized spacial score (nSPS) is 17.1. The second-order valence-electron chi connectivity index (χ2n) is 8.59. The van der Waals surface area contributed by atoms with Gasteiger partial charge in [-0.05, 0) is 31.7 Å². The zero-order valence-corrected chi connectivity index (χ0v) is 19.1. The van der Waals surface area contributed by atoms with Crippen LogP contribution in [0.1, 0.15) is 44.1 Å². The van der Waals surface area contributed by atoms with Crippen LogP contribution in [-0.4, -0.2) is 75.2 Å². The van der Waals surface area contributed by atoms with Crippen molar-refractivity contribution in [2.24, 2.45) is 0 Å². The van der Waals surface area contributed by atoms with Gasteiger partial charge in [0.15, 0.2) is 0 Å². The number of rotatable bonds is 6. The lowest BCUT2D eigenvalue weighted by atomic mass is 10.1. The number of aromatic nitrogens is 5. The predicted molar refractivity (Wildman–Crippen MR) is 124 cm³/mol.